The van der Waals surface area contributed by atoms with Crippen LogP contribution >= 0.6 is 11.6 Å². The number of benzene rings is 1. The Morgan fingerprint density at radius 3 is 2.41 bits per heavy atom. The molecule has 6 heteroatoms. The Kier molecular flexibility index (Phi) is 4.80. The molecule has 0 unspecified atom stereocenters. The summed E-state index contributed by atoms with van der Waals surface area (Å²) in [7, 11) is -3.65. The summed E-state index contributed by atoms with van der Waals surface area (Å²) in [5, 5.41) is 0.142. The summed E-state index contributed by atoms with van der Waals surface area (Å²) in [4.78, 5) is -0.0337. The second kappa shape index (κ2) is 5.71. The minimum absolute atomic E-state index is 0.0337. The van der Waals surface area contributed by atoms with Gasteiger partial charge < -0.3 is 5.73 Å². The molecule has 0 saturated heterocycles. The van der Waals surface area contributed by atoms with Crippen LogP contribution < -0.4 is 10.5 Å². The van der Waals surface area contributed by atoms with E-state index in [1.54, 1.807) is 6.07 Å². The molecule has 0 bridgehead atoms. The fraction of sp³-hybridized carbons (Fsp3) is 0.455. The Labute approximate surface area is 107 Å². The average molecular weight is 277 g/mol. The smallest absolute Gasteiger partial charge is 0.244 e. The van der Waals surface area contributed by atoms with E-state index in [-0.39, 0.29) is 21.6 Å². The summed E-state index contributed by atoms with van der Waals surface area (Å²) in [6.07, 6.45) is 1.44. The standard InChI is InChI=1S/C11H17ClN2O2S/c1-3-8(4-2)14-17(15,16)11-9(12)6-5-7-10(11)13/h5-8,14H,3-4,13H2,1-2H3. The van der Waals surface area contributed by atoms with E-state index in [9.17, 15) is 8.42 Å². The number of anilines is 1. The molecule has 0 amide bonds. The minimum Gasteiger partial charge on any atom is -0.398 e. The summed E-state index contributed by atoms with van der Waals surface area (Å²) in [6, 6.07) is 4.55. The van der Waals surface area contributed by atoms with Crippen molar-refractivity contribution < 1.29 is 8.42 Å². The third-order valence-corrected chi connectivity index (χ3v) is 4.64. The minimum atomic E-state index is -3.65. The Morgan fingerprint density at radius 2 is 1.94 bits per heavy atom. The number of nitrogens with one attached hydrogen (secondary N) is 1. The number of nitrogens with two attached hydrogens (primary N) is 1. The number of nitrogen functional groups attached to an aromatic ring is 1. The van der Waals surface area contributed by atoms with E-state index in [4.69, 9.17) is 17.3 Å². The molecule has 0 aliphatic heterocycles. The number of sulfonamides is 1. The first-order chi connectivity index (χ1) is 7.92. The van der Waals surface area contributed by atoms with Crippen molar-refractivity contribution in [2.24, 2.45) is 0 Å². The maximum atomic E-state index is 12.1. The lowest BCUT2D eigenvalue weighted by Gasteiger charge is -2.16. The molecule has 0 saturated carbocycles. The SMILES string of the molecule is CCC(CC)NS(=O)(=O)c1c(N)cccc1Cl. The second-order valence-electron chi connectivity index (χ2n) is 3.79. The van der Waals surface area contributed by atoms with Gasteiger partial charge in [0.2, 0.25) is 10.0 Å². The quantitative estimate of drug-likeness (QED) is 0.811. The third kappa shape index (κ3) is 3.34. The second-order valence-corrected chi connectivity index (χ2v) is 5.85. The molecule has 1 aromatic rings. The number of halogens is 1. The molecule has 0 spiro atoms. The van der Waals surface area contributed by atoms with Gasteiger partial charge in [-0.3, -0.25) is 0 Å². The maximum absolute atomic E-state index is 12.1. The van der Waals surface area contributed by atoms with Crippen LogP contribution in [0.2, 0.25) is 5.02 Å². The van der Waals surface area contributed by atoms with Crippen LogP contribution in [0, 0.1) is 0 Å². The van der Waals surface area contributed by atoms with E-state index in [1.165, 1.54) is 12.1 Å². The topological polar surface area (TPSA) is 72.2 Å². The predicted molar refractivity (Wildman–Crippen MR) is 70.6 cm³/mol. The van der Waals surface area contributed by atoms with E-state index in [0.29, 0.717) is 0 Å². The van der Waals surface area contributed by atoms with Gasteiger partial charge >= 0.3 is 0 Å². The van der Waals surface area contributed by atoms with E-state index >= 15 is 0 Å². The van der Waals surface area contributed by atoms with Gasteiger partial charge in [0.1, 0.15) is 4.90 Å². The van der Waals surface area contributed by atoms with E-state index < -0.39 is 10.0 Å². The van der Waals surface area contributed by atoms with Crippen molar-refractivity contribution in [2.75, 3.05) is 5.73 Å². The lowest BCUT2D eigenvalue weighted by molar-refractivity contribution is 0.530. The molecule has 1 rings (SSSR count). The van der Waals surface area contributed by atoms with Gasteiger partial charge in [-0.2, -0.15) is 0 Å². The Morgan fingerprint density at radius 1 is 1.35 bits per heavy atom. The normalized spacial score (nSPS) is 12.0. The zero-order valence-corrected chi connectivity index (χ0v) is 11.5. The molecule has 0 aliphatic rings. The summed E-state index contributed by atoms with van der Waals surface area (Å²) in [6.45, 7) is 3.85. The van der Waals surface area contributed by atoms with Crippen LogP contribution in [0.4, 0.5) is 5.69 Å². The largest absolute Gasteiger partial charge is 0.398 e. The molecule has 3 N–H and O–H groups in total. The average Bonchev–Trinajstić information content (AvgIpc) is 2.25. The summed E-state index contributed by atoms with van der Waals surface area (Å²) in [5.74, 6) is 0. The molecule has 0 radical (unpaired) electrons. The van der Waals surface area contributed by atoms with Crippen molar-refractivity contribution in [2.45, 2.75) is 37.6 Å². The molecular weight excluding hydrogens is 260 g/mol. The number of hydrogen-bond donors (Lipinski definition) is 2. The van der Waals surface area contributed by atoms with Crippen molar-refractivity contribution in [3.05, 3.63) is 23.2 Å². The highest BCUT2D eigenvalue weighted by molar-refractivity contribution is 7.89. The first kappa shape index (κ1) is 14.3. The first-order valence-corrected chi connectivity index (χ1v) is 7.34. The van der Waals surface area contributed by atoms with Crippen molar-refractivity contribution in [3.63, 3.8) is 0 Å². The van der Waals surface area contributed by atoms with Gasteiger partial charge in [0.15, 0.2) is 0 Å². The Bertz CT molecular complexity index is 464. The zero-order chi connectivity index (χ0) is 13.1. The van der Waals surface area contributed by atoms with Crippen LogP contribution in [-0.4, -0.2) is 14.5 Å². The van der Waals surface area contributed by atoms with Crippen LogP contribution in [-0.2, 0) is 10.0 Å². The molecule has 0 aromatic heterocycles. The molecule has 0 fully saturated rings. The van der Waals surface area contributed by atoms with Gasteiger partial charge in [-0.05, 0) is 25.0 Å². The molecule has 4 nitrogen and oxygen atoms in total. The van der Waals surface area contributed by atoms with Crippen LogP contribution in [0.15, 0.2) is 23.1 Å². The lowest BCUT2D eigenvalue weighted by atomic mass is 10.2. The van der Waals surface area contributed by atoms with Crippen LogP contribution in [0.5, 0.6) is 0 Å². The summed E-state index contributed by atoms with van der Waals surface area (Å²) < 4.78 is 26.9. The van der Waals surface area contributed by atoms with Crippen molar-refractivity contribution in [1.82, 2.24) is 4.72 Å². The van der Waals surface area contributed by atoms with E-state index in [0.717, 1.165) is 12.8 Å². The zero-order valence-electron chi connectivity index (χ0n) is 9.90. The van der Waals surface area contributed by atoms with Gasteiger partial charge in [0, 0.05) is 6.04 Å². The third-order valence-electron chi connectivity index (χ3n) is 2.57. The molecule has 0 aliphatic carbocycles. The van der Waals surface area contributed by atoms with Gasteiger partial charge in [0.25, 0.3) is 0 Å². The fourth-order valence-electron chi connectivity index (χ4n) is 1.54. The molecule has 1 aromatic carbocycles. The van der Waals surface area contributed by atoms with Gasteiger partial charge in [-0.25, -0.2) is 13.1 Å². The van der Waals surface area contributed by atoms with Crippen molar-refractivity contribution >= 4 is 27.3 Å². The Hall–Kier alpha value is -0.780. The van der Waals surface area contributed by atoms with Crippen LogP contribution in [0.1, 0.15) is 26.7 Å². The summed E-state index contributed by atoms with van der Waals surface area (Å²) in [5.41, 5.74) is 5.83. The van der Waals surface area contributed by atoms with E-state index in [1.807, 2.05) is 13.8 Å². The Balaban J connectivity index is 3.14. The molecular formula is C11H17ClN2O2S. The highest BCUT2D eigenvalue weighted by atomic mass is 35.5. The van der Waals surface area contributed by atoms with Crippen molar-refractivity contribution in [1.29, 1.82) is 0 Å². The van der Waals surface area contributed by atoms with Gasteiger partial charge in [-0.15, -0.1) is 0 Å². The maximum Gasteiger partial charge on any atom is 0.244 e. The van der Waals surface area contributed by atoms with Crippen LogP contribution in [0.25, 0.3) is 0 Å². The van der Waals surface area contributed by atoms with E-state index in [2.05, 4.69) is 4.72 Å². The lowest BCUT2D eigenvalue weighted by Crippen LogP contribution is -2.34. The first-order valence-electron chi connectivity index (χ1n) is 5.48. The van der Waals surface area contributed by atoms with Crippen molar-refractivity contribution in [3.8, 4) is 0 Å². The predicted octanol–water partition coefficient (Wildman–Crippen LogP) is 2.39. The fourth-order valence-corrected chi connectivity index (χ4v) is 3.62. The monoisotopic (exact) mass is 276 g/mol. The van der Waals surface area contributed by atoms with Gasteiger partial charge in [0.05, 0.1) is 10.7 Å². The molecule has 96 valence electrons. The van der Waals surface area contributed by atoms with Gasteiger partial charge in [-0.1, -0.05) is 31.5 Å². The highest BCUT2D eigenvalue weighted by Gasteiger charge is 2.23. The highest BCUT2D eigenvalue weighted by Crippen LogP contribution is 2.27. The molecule has 0 heterocycles. The van der Waals surface area contributed by atoms with Crippen LogP contribution in [0.3, 0.4) is 0 Å². The molecule has 0 atom stereocenters. The summed E-state index contributed by atoms with van der Waals surface area (Å²) >= 11 is 5.88. The number of rotatable bonds is 5. The number of hydrogen-bond acceptors (Lipinski definition) is 3. The molecule has 17 heavy (non-hydrogen) atoms.